The Bertz CT molecular complexity index is 747. The smallest absolute Gasteiger partial charge is 0.191 e. The van der Waals surface area contributed by atoms with Crippen LogP contribution in [0.3, 0.4) is 0 Å². The molecule has 0 radical (unpaired) electrons. The number of piperidine rings is 1. The maximum atomic E-state index is 5.95. The summed E-state index contributed by atoms with van der Waals surface area (Å²) in [5.74, 6) is 0.853. The first kappa shape index (κ1) is 20.7. The van der Waals surface area contributed by atoms with E-state index in [-0.39, 0.29) is 0 Å². The number of nitrogens with one attached hydrogen (secondary N) is 2. The predicted octanol–water partition coefficient (Wildman–Crippen LogP) is 3.46. The fourth-order valence-electron chi connectivity index (χ4n) is 3.44. The average molecular weight is 403 g/mol. The Balaban J connectivity index is 1.45. The van der Waals surface area contributed by atoms with Gasteiger partial charge in [0.15, 0.2) is 5.96 Å². The Morgan fingerprint density at radius 3 is 2.68 bits per heavy atom. The maximum Gasteiger partial charge on any atom is 0.191 e. The molecule has 1 aliphatic rings. The fourth-order valence-corrected chi connectivity index (χ4v) is 3.57. The molecule has 1 saturated heterocycles. The van der Waals surface area contributed by atoms with Crippen molar-refractivity contribution in [2.45, 2.75) is 45.2 Å². The third kappa shape index (κ3) is 5.97. The lowest BCUT2D eigenvalue weighted by Gasteiger charge is -2.33. The van der Waals surface area contributed by atoms with Gasteiger partial charge in [0.25, 0.3) is 0 Å². The Labute approximate surface area is 173 Å². The Hall–Kier alpha value is -2.05. The monoisotopic (exact) mass is 402 g/mol. The normalized spacial score (nSPS) is 16.3. The average Bonchev–Trinajstić information content (AvgIpc) is 3.20. The molecule has 152 valence electrons. The summed E-state index contributed by atoms with van der Waals surface area (Å²) in [5, 5.41) is 12.1. The highest BCUT2D eigenvalue weighted by atomic mass is 35.5. The number of rotatable bonds is 7. The van der Waals surface area contributed by atoms with Crippen LogP contribution in [-0.4, -0.2) is 53.4 Å². The molecule has 0 aliphatic carbocycles. The molecule has 0 spiro atoms. The van der Waals surface area contributed by atoms with E-state index in [2.05, 4.69) is 32.5 Å². The van der Waals surface area contributed by atoms with Gasteiger partial charge >= 0.3 is 0 Å². The number of aromatic nitrogens is 2. The van der Waals surface area contributed by atoms with Crippen molar-refractivity contribution < 1.29 is 0 Å². The van der Waals surface area contributed by atoms with Crippen LogP contribution in [0, 0.1) is 0 Å². The lowest BCUT2D eigenvalue weighted by Crippen LogP contribution is -2.48. The number of aliphatic imine (C=N–C) groups is 1. The predicted molar refractivity (Wildman–Crippen MR) is 116 cm³/mol. The summed E-state index contributed by atoms with van der Waals surface area (Å²) in [7, 11) is 1.82. The van der Waals surface area contributed by atoms with Crippen molar-refractivity contribution in [3.8, 4) is 5.69 Å². The van der Waals surface area contributed by atoms with Crippen molar-refractivity contribution in [3.63, 3.8) is 0 Å². The molecule has 28 heavy (non-hydrogen) atoms. The van der Waals surface area contributed by atoms with Gasteiger partial charge < -0.3 is 15.5 Å². The van der Waals surface area contributed by atoms with Crippen LogP contribution in [0.4, 0.5) is 0 Å². The zero-order chi connectivity index (χ0) is 19.8. The van der Waals surface area contributed by atoms with Crippen LogP contribution in [0.2, 0.25) is 5.02 Å². The van der Waals surface area contributed by atoms with Gasteiger partial charge in [0.05, 0.1) is 11.9 Å². The van der Waals surface area contributed by atoms with E-state index in [1.807, 2.05) is 48.4 Å². The van der Waals surface area contributed by atoms with E-state index >= 15 is 0 Å². The third-order valence-corrected chi connectivity index (χ3v) is 5.42. The van der Waals surface area contributed by atoms with Crippen LogP contribution in [0.5, 0.6) is 0 Å². The molecule has 0 amide bonds. The second kappa shape index (κ2) is 10.5. The molecule has 3 rings (SSSR count). The maximum absolute atomic E-state index is 5.95. The summed E-state index contributed by atoms with van der Waals surface area (Å²) in [6, 6.07) is 8.15. The molecule has 2 N–H and O–H groups in total. The number of halogens is 1. The van der Waals surface area contributed by atoms with Gasteiger partial charge in [-0.1, -0.05) is 24.9 Å². The van der Waals surface area contributed by atoms with E-state index in [9.17, 15) is 0 Å². The number of hydrogen-bond acceptors (Lipinski definition) is 3. The van der Waals surface area contributed by atoms with Crippen LogP contribution >= 0.6 is 11.6 Å². The first-order valence-electron chi connectivity index (χ1n) is 10.2. The molecule has 1 aromatic carbocycles. The van der Waals surface area contributed by atoms with Gasteiger partial charge in [0.1, 0.15) is 0 Å². The first-order valence-corrected chi connectivity index (χ1v) is 10.5. The van der Waals surface area contributed by atoms with Crippen molar-refractivity contribution in [1.82, 2.24) is 25.3 Å². The number of hydrogen-bond donors (Lipinski definition) is 2. The van der Waals surface area contributed by atoms with Gasteiger partial charge in [-0.25, -0.2) is 4.68 Å². The van der Waals surface area contributed by atoms with Gasteiger partial charge in [-0.3, -0.25) is 4.99 Å². The minimum absolute atomic E-state index is 0.487. The molecule has 1 aromatic heterocycles. The zero-order valence-electron chi connectivity index (χ0n) is 16.9. The van der Waals surface area contributed by atoms with Crippen molar-refractivity contribution in [2.75, 3.05) is 26.7 Å². The SMILES string of the molecule is CCCCN1CCC(NC(=NC)NCc2cnn(-c3ccc(Cl)cc3)c2)CC1. The van der Waals surface area contributed by atoms with E-state index < -0.39 is 0 Å². The number of benzene rings is 1. The highest BCUT2D eigenvalue weighted by Gasteiger charge is 2.19. The number of nitrogens with zero attached hydrogens (tertiary/aromatic N) is 4. The Morgan fingerprint density at radius 2 is 2.00 bits per heavy atom. The van der Waals surface area contributed by atoms with Crippen LogP contribution in [0.15, 0.2) is 41.7 Å². The Kier molecular flexibility index (Phi) is 7.74. The highest BCUT2D eigenvalue weighted by Crippen LogP contribution is 2.14. The van der Waals surface area contributed by atoms with Crippen LogP contribution in [-0.2, 0) is 6.54 Å². The molecule has 7 heteroatoms. The van der Waals surface area contributed by atoms with Crippen LogP contribution in [0.1, 0.15) is 38.2 Å². The summed E-state index contributed by atoms with van der Waals surface area (Å²) in [4.78, 5) is 6.95. The zero-order valence-corrected chi connectivity index (χ0v) is 17.6. The summed E-state index contributed by atoms with van der Waals surface area (Å²) in [6.07, 6.45) is 8.79. The van der Waals surface area contributed by atoms with Gasteiger partial charge in [0, 0.05) is 49.5 Å². The van der Waals surface area contributed by atoms with Crippen molar-refractivity contribution in [1.29, 1.82) is 0 Å². The van der Waals surface area contributed by atoms with Crippen LogP contribution < -0.4 is 10.6 Å². The van der Waals surface area contributed by atoms with Crippen molar-refractivity contribution in [3.05, 3.63) is 47.2 Å². The number of guanidine groups is 1. The molecule has 1 aliphatic heterocycles. The fraction of sp³-hybridized carbons (Fsp3) is 0.524. The van der Waals surface area contributed by atoms with E-state index in [4.69, 9.17) is 11.6 Å². The van der Waals surface area contributed by atoms with Crippen molar-refractivity contribution >= 4 is 17.6 Å². The molecule has 6 nitrogen and oxygen atoms in total. The molecule has 1 fully saturated rings. The number of unbranched alkanes of at least 4 members (excludes halogenated alkanes) is 1. The number of likely N-dealkylation sites (tertiary alicyclic amines) is 1. The van der Waals surface area contributed by atoms with Crippen LogP contribution in [0.25, 0.3) is 5.69 Å². The molecule has 0 unspecified atom stereocenters. The van der Waals surface area contributed by atoms with E-state index in [1.54, 1.807) is 0 Å². The molecular formula is C21H31ClN6. The van der Waals surface area contributed by atoms with E-state index in [0.29, 0.717) is 12.6 Å². The van der Waals surface area contributed by atoms with Gasteiger partial charge in [-0.2, -0.15) is 5.10 Å². The summed E-state index contributed by atoms with van der Waals surface area (Å²) < 4.78 is 1.86. The second-order valence-corrected chi connectivity index (χ2v) is 7.75. The molecular weight excluding hydrogens is 372 g/mol. The minimum atomic E-state index is 0.487. The topological polar surface area (TPSA) is 57.5 Å². The molecule has 0 saturated carbocycles. The standard InChI is InChI=1S/C21H31ClN6/c1-3-4-11-27-12-9-19(10-13-27)26-21(23-2)24-14-17-15-25-28(16-17)20-7-5-18(22)6-8-20/h5-8,15-16,19H,3-4,9-14H2,1-2H3,(H2,23,24,26). The largest absolute Gasteiger partial charge is 0.354 e. The van der Waals surface area contributed by atoms with Gasteiger partial charge in [-0.15, -0.1) is 0 Å². The summed E-state index contributed by atoms with van der Waals surface area (Å²) in [6.45, 7) is 6.50. The third-order valence-electron chi connectivity index (χ3n) is 5.17. The van der Waals surface area contributed by atoms with Crippen molar-refractivity contribution in [2.24, 2.45) is 4.99 Å². The lowest BCUT2D eigenvalue weighted by atomic mass is 10.0. The molecule has 0 atom stereocenters. The van der Waals surface area contributed by atoms with E-state index in [0.717, 1.165) is 22.2 Å². The minimum Gasteiger partial charge on any atom is -0.354 e. The summed E-state index contributed by atoms with van der Waals surface area (Å²) >= 11 is 5.95. The molecule has 0 bridgehead atoms. The summed E-state index contributed by atoms with van der Waals surface area (Å²) in [5.41, 5.74) is 2.10. The van der Waals surface area contributed by atoms with E-state index in [1.165, 1.54) is 45.3 Å². The second-order valence-electron chi connectivity index (χ2n) is 7.31. The quantitative estimate of drug-likeness (QED) is 0.550. The highest BCUT2D eigenvalue weighted by molar-refractivity contribution is 6.30. The Morgan fingerprint density at radius 1 is 1.25 bits per heavy atom. The first-order chi connectivity index (χ1) is 13.7. The molecule has 2 heterocycles. The van der Waals surface area contributed by atoms with Gasteiger partial charge in [0.2, 0.25) is 0 Å². The molecule has 2 aromatic rings. The lowest BCUT2D eigenvalue weighted by molar-refractivity contribution is 0.203. The van der Waals surface area contributed by atoms with Gasteiger partial charge in [-0.05, 0) is 50.1 Å².